The van der Waals surface area contributed by atoms with Crippen LogP contribution in [-0.4, -0.2) is 91.6 Å². The smallest absolute Gasteiger partial charge is 0.326 e. The number of aliphatic hydroxyl groups is 1. The van der Waals surface area contributed by atoms with Gasteiger partial charge in [0.15, 0.2) is 0 Å². The summed E-state index contributed by atoms with van der Waals surface area (Å²) in [6, 6.07) is -4.25. The van der Waals surface area contributed by atoms with Crippen molar-refractivity contribution in [3.05, 3.63) is 48.6 Å². The lowest BCUT2D eigenvalue weighted by atomic mass is 10.0. The van der Waals surface area contributed by atoms with Crippen molar-refractivity contribution in [2.75, 3.05) is 12.3 Å². The Kier molecular flexibility index (Phi) is 22.2. The molecule has 0 rings (SSSR count). The number of carbonyl (C=O) groups is 5. The SMILES string of the molecule is CCCCCC=CCC=CC=CC=CC[C@@H](O)CCC(C(=O)O)N(CC(=O)O)C(=O)C(CS)NC(=O)CCC(N)C(=O)O. The number of carboxylic acid groups (broad SMARTS) is 3. The van der Waals surface area contributed by atoms with Crippen LogP contribution in [0.25, 0.3) is 0 Å². The highest BCUT2D eigenvalue weighted by Gasteiger charge is 2.35. The first kappa shape index (κ1) is 39.6. The molecule has 242 valence electrons. The van der Waals surface area contributed by atoms with Crippen LogP contribution in [0.15, 0.2) is 48.6 Å². The van der Waals surface area contributed by atoms with E-state index in [-0.39, 0.29) is 37.9 Å². The van der Waals surface area contributed by atoms with Crippen molar-refractivity contribution >= 4 is 42.4 Å². The van der Waals surface area contributed by atoms with Gasteiger partial charge in [-0.2, -0.15) is 12.6 Å². The lowest BCUT2D eigenvalue weighted by molar-refractivity contribution is -0.155. The Hall–Kier alpha value is -3.42. The number of nitrogens with zero attached hydrogens (tertiary/aromatic N) is 1. The summed E-state index contributed by atoms with van der Waals surface area (Å²) in [5.41, 5.74) is 5.38. The van der Waals surface area contributed by atoms with Crippen molar-refractivity contribution in [3.63, 3.8) is 0 Å². The van der Waals surface area contributed by atoms with Crippen molar-refractivity contribution in [3.8, 4) is 0 Å². The summed E-state index contributed by atoms with van der Waals surface area (Å²) in [6.45, 7) is 1.22. The molecule has 0 bridgehead atoms. The zero-order valence-electron chi connectivity index (χ0n) is 24.7. The Morgan fingerprint density at radius 2 is 1.56 bits per heavy atom. The fraction of sp³-hybridized carbons (Fsp3) is 0.567. The second-order valence-electron chi connectivity index (χ2n) is 9.91. The lowest BCUT2D eigenvalue weighted by Gasteiger charge is -2.31. The second-order valence-corrected chi connectivity index (χ2v) is 10.3. The topological polar surface area (TPSA) is 208 Å². The van der Waals surface area contributed by atoms with Crippen molar-refractivity contribution in [2.45, 2.75) is 95.4 Å². The van der Waals surface area contributed by atoms with Gasteiger partial charge < -0.3 is 36.4 Å². The Bertz CT molecular complexity index is 997. The van der Waals surface area contributed by atoms with Gasteiger partial charge in [0.25, 0.3) is 0 Å². The monoisotopic (exact) mass is 625 g/mol. The number of carboxylic acids is 3. The molecule has 0 aliphatic heterocycles. The van der Waals surface area contributed by atoms with Crippen molar-refractivity contribution in [2.24, 2.45) is 5.73 Å². The van der Waals surface area contributed by atoms with Crippen LogP contribution in [0.1, 0.15) is 71.1 Å². The van der Waals surface area contributed by atoms with E-state index < -0.39 is 60.5 Å². The quantitative estimate of drug-likeness (QED) is 0.0361. The molecule has 0 saturated heterocycles. The summed E-state index contributed by atoms with van der Waals surface area (Å²) in [4.78, 5) is 60.3. The van der Waals surface area contributed by atoms with Gasteiger partial charge >= 0.3 is 17.9 Å². The molecule has 0 aromatic rings. The lowest BCUT2D eigenvalue weighted by Crippen LogP contribution is -2.56. The van der Waals surface area contributed by atoms with Crippen LogP contribution in [0.4, 0.5) is 0 Å². The van der Waals surface area contributed by atoms with Crippen LogP contribution >= 0.6 is 12.6 Å². The molecule has 3 unspecified atom stereocenters. The van der Waals surface area contributed by atoms with Gasteiger partial charge in [0.2, 0.25) is 11.8 Å². The van der Waals surface area contributed by atoms with Crippen LogP contribution in [0, 0.1) is 0 Å². The maximum absolute atomic E-state index is 13.1. The Morgan fingerprint density at radius 1 is 0.884 bits per heavy atom. The molecule has 0 radical (unpaired) electrons. The van der Waals surface area contributed by atoms with Crippen molar-refractivity contribution in [1.82, 2.24) is 10.2 Å². The maximum Gasteiger partial charge on any atom is 0.326 e. The molecule has 43 heavy (non-hydrogen) atoms. The molecule has 0 fully saturated rings. The highest BCUT2D eigenvalue weighted by atomic mass is 32.1. The minimum absolute atomic E-state index is 0.0378. The van der Waals surface area contributed by atoms with Crippen molar-refractivity contribution < 1.29 is 44.4 Å². The molecule has 4 atom stereocenters. The third kappa shape index (κ3) is 19.4. The number of allylic oxidation sites excluding steroid dienone is 7. The number of thiol groups is 1. The van der Waals surface area contributed by atoms with Crippen molar-refractivity contribution in [1.29, 1.82) is 0 Å². The fourth-order valence-electron chi connectivity index (χ4n) is 3.83. The van der Waals surface area contributed by atoms with Crippen LogP contribution in [0.5, 0.6) is 0 Å². The largest absolute Gasteiger partial charge is 0.480 e. The summed E-state index contributed by atoms with van der Waals surface area (Å²) >= 11 is 4.02. The molecule has 0 heterocycles. The van der Waals surface area contributed by atoms with Gasteiger partial charge in [0.05, 0.1) is 6.10 Å². The number of amides is 2. The Balaban J connectivity index is 5.03. The third-order valence-electron chi connectivity index (χ3n) is 6.27. The van der Waals surface area contributed by atoms with E-state index in [2.05, 4.69) is 37.0 Å². The summed E-state index contributed by atoms with van der Waals surface area (Å²) in [7, 11) is 0. The van der Waals surface area contributed by atoms with Gasteiger partial charge in [-0.05, 0) is 44.9 Å². The van der Waals surface area contributed by atoms with Crippen LogP contribution in [0.2, 0.25) is 0 Å². The number of aliphatic hydroxyl groups excluding tert-OH is 1. The van der Waals surface area contributed by atoms with E-state index in [0.717, 1.165) is 12.8 Å². The number of carbonyl (C=O) groups excluding carboxylic acids is 2. The third-order valence-corrected chi connectivity index (χ3v) is 6.63. The molecule has 0 saturated carbocycles. The van der Waals surface area contributed by atoms with Gasteiger partial charge in [-0.25, -0.2) is 4.79 Å². The number of hydrogen-bond donors (Lipinski definition) is 7. The fourth-order valence-corrected chi connectivity index (χ4v) is 4.08. The molecular weight excluding hydrogens is 578 g/mol. The molecule has 7 N–H and O–H groups in total. The van der Waals surface area contributed by atoms with E-state index in [1.807, 2.05) is 18.2 Å². The molecule has 0 aromatic heterocycles. The molecule has 13 heteroatoms. The molecule has 2 amide bonds. The number of hydrogen-bond acceptors (Lipinski definition) is 8. The predicted octanol–water partition coefficient (Wildman–Crippen LogP) is 2.69. The second kappa shape index (κ2) is 24.1. The molecule has 0 aliphatic rings. The van der Waals surface area contributed by atoms with Crippen LogP contribution in [0.3, 0.4) is 0 Å². The van der Waals surface area contributed by atoms with Crippen LogP contribution in [-0.2, 0) is 24.0 Å². The molecule has 0 aromatic carbocycles. The molecule has 12 nitrogen and oxygen atoms in total. The maximum atomic E-state index is 13.1. The van der Waals surface area contributed by atoms with Gasteiger partial charge in [0, 0.05) is 12.2 Å². The predicted molar refractivity (Wildman–Crippen MR) is 167 cm³/mol. The zero-order chi connectivity index (χ0) is 32.6. The summed E-state index contributed by atoms with van der Waals surface area (Å²) in [5, 5.41) is 40.6. The number of rotatable bonds is 24. The highest BCUT2D eigenvalue weighted by molar-refractivity contribution is 7.80. The van der Waals surface area contributed by atoms with E-state index in [4.69, 9.17) is 10.8 Å². The van der Waals surface area contributed by atoms with Gasteiger partial charge in [-0.15, -0.1) is 0 Å². The highest BCUT2D eigenvalue weighted by Crippen LogP contribution is 2.14. The van der Waals surface area contributed by atoms with E-state index in [0.29, 0.717) is 4.90 Å². The normalized spacial score (nSPS) is 14.7. The van der Waals surface area contributed by atoms with E-state index in [1.165, 1.54) is 19.3 Å². The van der Waals surface area contributed by atoms with E-state index >= 15 is 0 Å². The number of nitrogens with one attached hydrogen (secondary N) is 1. The molecule has 0 spiro atoms. The van der Waals surface area contributed by atoms with Gasteiger partial charge in [-0.1, -0.05) is 68.4 Å². The summed E-state index contributed by atoms with van der Waals surface area (Å²) in [5.74, 6) is -6.23. The van der Waals surface area contributed by atoms with Gasteiger partial charge in [-0.3, -0.25) is 19.2 Å². The van der Waals surface area contributed by atoms with Gasteiger partial charge in [0.1, 0.15) is 24.7 Å². The van der Waals surface area contributed by atoms with E-state index in [1.54, 1.807) is 18.2 Å². The molecule has 0 aliphatic carbocycles. The Morgan fingerprint density at radius 3 is 2.14 bits per heavy atom. The first-order chi connectivity index (χ1) is 20.4. The number of aliphatic carboxylic acids is 3. The first-order valence-electron chi connectivity index (χ1n) is 14.4. The zero-order valence-corrected chi connectivity index (χ0v) is 25.6. The average molecular weight is 626 g/mol. The molecular formula is C30H47N3O9S. The standard InChI is InChI=1S/C30H47N3O9S/c1-2-3-4-5-6-7-8-9-10-11-12-13-14-15-22(34)16-18-25(30(41)42)33(20-27(36)37)28(38)24(21-43)32-26(35)19-17-23(31)29(39)40/h6-7,9-14,22-25,34,43H,2-5,8,15-21,31H2,1H3,(H,32,35)(H,36,37)(H,39,40)(H,41,42)/t22-,23?,24?,25?/m1/s1. The number of unbranched alkanes of at least 4 members (excludes halogenated alkanes) is 3. The minimum atomic E-state index is -1.59. The summed E-state index contributed by atoms with van der Waals surface area (Å²) < 4.78 is 0. The summed E-state index contributed by atoms with van der Waals surface area (Å²) in [6.07, 6.45) is 19.4. The van der Waals surface area contributed by atoms with E-state index in [9.17, 15) is 39.3 Å². The number of nitrogens with two attached hydrogens (primary N) is 1. The minimum Gasteiger partial charge on any atom is -0.480 e. The average Bonchev–Trinajstić information content (AvgIpc) is 2.95. The Labute approximate surface area is 258 Å². The van der Waals surface area contributed by atoms with Crippen LogP contribution < -0.4 is 11.1 Å². The first-order valence-corrected chi connectivity index (χ1v) is 15.0.